The van der Waals surface area contributed by atoms with Crippen molar-refractivity contribution in [3.63, 3.8) is 0 Å². The zero-order valence-corrected chi connectivity index (χ0v) is 24.5. The Morgan fingerprint density at radius 2 is 2.00 bits per heavy atom. The van der Waals surface area contributed by atoms with Gasteiger partial charge in [0.05, 0.1) is 25.1 Å². The molecule has 4 fully saturated rings. The highest BCUT2D eigenvalue weighted by atomic mass is 16.7. The Kier molecular flexibility index (Phi) is 6.65. The molecule has 7 rings (SSSR count). The molecule has 1 aromatic carbocycles. The van der Waals surface area contributed by atoms with Gasteiger partial charge >= 0.3 is 0 Å². The van der Waals surface area contributed by atoms with Crippen LogP contribution in [-0.4, -0.2) is 51.3 Å². The van der Waals surface area contributed by atoms with Crippen LogP contribution in [0.25, 0.3) is 0 Å². The van der Waals surface area contributed by atoms with E-state index in [1.54, 1.807) is 24.5 Å². The maximum Gasteiger partial charge on any atom is 0.193 e. The molecule has 228 valence electrons. The highest BCUT2D eigenvalue weighted by Gasteiger charge is 2.76. The average molecular weight is 590 g/mol. The molecular weight excluding hydrogens is 550 g/mol. The SMILES string of the molecule is C[C@]12C=CC(=O)C=C1CC[C@@H]1[C@@H]2[C@@H](O)C[C@@]2(C)[C@H]1C[C@H]1O[C@@H](c3coc(Cc4ccc(CO)c(N)c4)c3)O[C@]12C(=O)CO. The quantitative estimate of drug-likeness (QED) is 0.371. The van der Waals surface area contributed by atoms with Gasteiger partial charge in [-0.3, -0.25) is 9.59 Å². The number of allylic oxidation sites excluding steroid dienone is 4. The molecule has 0 amide bonds. The number of aliphatic hydroxyl groups excluding tert-OH is 3. The van der Waals surface area contributed by atoms with Gasteiger partial charge in [-0.25, -0.2) is 0 Å². The van der Waals surface area contributed by atoms with E-state index in [4.69, 9.17) is 19.6 Å². The Hall–Kier alpha value is -3.08. The molecule has 43 heavy (non-hydrogen) atoms. The molecule has 9 heteroatoms. The van der Waals surface area contributed by atoms with E-state index in [9.17, 15) is 24.9 Å². The van der Waals surface area contributed by atoms with E-state index in [-0.39, 0.29) is 30.1 Å². The van der Waals surface area contributed by atoms with Crippen molar-refractivity contribution >= 4 is 17.3 Å². The first-order chi connectivity index (χ1) is 20.5. The summed E-state index contributed by atoms with van der Waals surface area (Å²) in [5.74, 6) is 0.254. The molecule has 1 aromatic heterocycles. The number of Topliss-reactive ketones (excluding diaryl/α,β-unsaturated/α-hetero) is 1. The Morgan fingerprint density at radius 1 is 1.19 bits per heavy atom. The second kappa shape index (κ2) is 9.97. The Morgan fingerprint density at radius 3 is 2.74 bits per heavy atom. The zero-order chi connectivity index (χ0) is 30.3. The first-order valence-corrected chi connectivity index (χ1v) is 15.2. The monoisotopic (exact) mass is 589 g/mol. The molecule has 5 N–H and O–H groups in total. The molecule has 5 aliphatic rings. The molecule has 2 aromatic rings. The minimum Gasteiger partial charge on any atom is -0.469 e. The number of ether oxygens (including phenoxy) is 2. The lowest BCUT2D eigenvalue weighted by atomic mass is 9.46. The summed E-state index contributed by atoms with van der Waals surface area (Å²) in [5, 5.41) is 31.4. The van der Waals surface area contributed by atoms with E-state index in [1.165, 1.54) is 0 Å². The van der Waals surface area contributed by atoms with Crippen LogP contribution in [0.1, 0.15) is 68.3 Å². The first kappa shape index (κ1) is 28.7. The van der Waals surface area contributed by atoms with Crippen molar-refractivity contribution < 1.29 is 38.8 Å². The van der Waals surface area contributed by atoms with Crippen molar-refractivity contribution in [2.24, 2.45) is 28.6 Å². The summed E-state index contributed by atoms with van der Waals surface area (Å²) in [6.07, 6.45) is 7.63. The number of fused-ring (bicyclic) bond motifs is 7. The van der Waals surface area contributed by atoms with E-state index in [2.05, 4.69) is 6.92 Å². The van der Waals surface area contributed by atoms with E-state index >= 15 is 0 Å². The van der Waals surface area contributed by atoms with Crippen LogP contribution in [-0.2, 0) is 32.1 Å². The predicted molar refractivity (Wildman–Crippen MR) is 155 cm³/mol. The van der Waals surface area contributed by atoms with Gasteiger partial charge in [-0.2, -0.15) is 0 Å². The van der Waals surface area contributed by atoms with Gasteiger partial charge in [0.15, 0.2) is 23.5 Å². The van der Waals surface area contributed by atoms with E-state index < -0.39 is 47.3 Å². The van der Waals surface area contributed by atoms with Crippen LogP contribution >= 0.6 is 0 Å². The molecular formula is C34H39NO8. The molecule has 1 aliphatic heterocycles. The van der Waals surface area contributed by atoms with E-state index in [0.717, 1.165) is 24.0 Å². The smallest absolute Gasteiger partial charge is 0.193 e. The third-order valence-electron chi connectivity index (χ3n) is 11.5. The highest BCUT2D eigenvalue weighted by molar-refractivity contribution is 6.01. The van der Waals surface area contributed by atoms with Gasteiger partial charge in [-0.15, -0.1) is 0 Å². The number of anilines is 1. The second-order valence-electron chi connectivity index (χ2n) is 13.6. The highest BCUT2D eigenvalue weighted by Crippen LogP contribution is 2.70. The summed E-state index contributed by atoms with van der Waals surface area (Å²) in [6, 6.07) is 7.33. The molecule has 1 saturated heterocycles. The summed E-state index contributed by atoms with van der Waals surface area (Å²) in [7, 11) is 0. The van der Waals surface area contributed by atoms with Crippen LogP contribution in [0.5, 0.6) is 0 Å². The van der Waals surface area contributed by atoms with Gasteiger partial charge in [-0.1, -0.05) is 37.6 Å². The van der Waals surface area contributed by atoms with Crippen LogP contribution in [0.4, 0.5) is 5.69 Å². The number of nitrogens with two attached hydrogens (primary N) is 1. The predicted octanol–water partition coefficient (Wildman–Crippen LogP) is 3.55. The number of ketones is 2. The summed E-state index contributed by atoms with van der Waals surface area (Å²) in [5.41, 5.74) is 7.24. The third kappa shape index (κ3) is 4.02. The molecule has 4 aliphatic carbocycles. The van der Waals surface area contributed by atoms with Gasteiger partial charge in [0.2, 0.25) is 0 Å². The fraction of sp³-hybridized carbons (Fsp3) is 0.529. The number of furan rings is 1. The van der Waals surface area contributed by atoms with Crippen molar-refractivity contribution in [2.45, 2.75) is 76.7 Å². The van der Waals surface area contributed by atoms with E-state index in [0.29, 0.717) is 41.8 Å². The molecule has 0 radical (unpaired) electrons. The molecule has 3 saturated carbocycles. The molecule has 9 nitrogen and oxygen atoms in total. The zero-order valence-electron chi connectivity index (χ0n) is 24.5. The largest absolute Gasteiger partial charge is 0.469 e. The lowest BCUT2D eigenvalue weighted by molar-refractivity contribution is -0.201. The number of rotatable bonds is 6. The Bertz CT molecular complexity index is 1540. The van der Waals surface area contributed by atoms with Crippen molar-refractivity contribution in [1.82, 2.24) is 0 Å². The van der Waals surface area contributed by atoms with E-state index in [1.807, 2.05) is 31.2 Å². The fourth-order valence-corrected chi connectivity index (χ4v) is 9.55. The van der Waals surface area contributed by atoms with Crippen LogP contribution in [0.15, 0.2) is 58.7 Å². The third-order valence-corrected chi connectivity index (χ3v) is 11.5. The molecule has 2 heterocycles. The van der Waals surface area contributed by atoms with Crippen molar-refractivity contribution in [3.8, 4) is 0 Å². The Balaban J connectivity index is 1.17. The number of carbonyl (C=O) groups excluding carboxylic acids is 2. The number of aliphatic hydroxyl groups is 3. The summed E-state index contributed by atoms with van der Waals surface area (Å²) >= 11 is 0. The van der Waals surface area contributed by atoms with Gasteiger partial charge < -0.3 is 34.9 Å². The van der Waals surface area contributed by atoms with Crippen molar-refractivity contribution in [3.05, 3.63) is 76.8 Å². The Labute approximate surface area is 250 Å². The number of benzene rings is 1. The average Bonchev–Trinajstić information content (AvgIpc) is 3.65. The minimum absolute atomic E-state index is 0.0112. The molecule has 0 bridgehead atoms. The van der Waals surface area contributed by atoms with Crippen LogP contribution in [0.2, 0.25) is 0 Å². The molecule has 0 spiro atoms. The summed E-state index contributed by atoms with van der Waals surface area (Å²) < 4.78 is 19.0. The van der Waals surface area contributed by atoms with Crippen molar-refractivity contribution in [2.75, 3.05) is 12.3 Å². The summed E-state index contributed by atoms with van der Waals surface area (Å²) in [6.45, 7) is 3.32. The van der Waals surface area contributed by atoms with Gasteiger partial charge in [-0.05, 0) is 67.4 Å². The van der Waals surface area contributed by atoms with Gasteiger partial charge in [0, 0.05) is 40.0 Å². The standard InChI is InChI=1S/C34H39NO8/c1-32-8-7-22(38)12-21(32)5-6-24-25-13-29-34(28(40)16-37,33(25,2)14-27(39)30(24)32)43-31(42-29)20-11-23(41-17-20)9-18-3-4-19(15-36)26(35)10-18/h3-4,7-8,10-12,17,24-25,27,29-31,36-37,39H,5-6,9,13-16,35H2,1-2H3/t24-,25-,27-,29+,30+,31+,32-,33-,34+/m0/s1. The van der Waals surface area contributed by atoms with Crippen molar-refractivity contribution in [1.29, 1.82) is 0 Å². The maximum atomic E-state index is 13.7. The summed E-state index contributed by atoms with van der Waals surface area (Å²) in [4.78, 5) is 25.9. The maximum absolute atomic E-state index is 13.7. The normalized spacial score (nSPS) is 39.6. The number of hydrogen-bond donors (Lipinski definition) is 4. The van der Waals surface area contributed by atoms with Crippen LogP contribution < -0.4 is 5.73 Å². The first-order valence-electron chi connectivity index (χ1n) is 15.2. The number of nitrogen functional groups attached to an aromatic ring is 1. The minimum atomic E-state index is -1.41. The van der Waals surface area contributed by atoms with Crippen LogP contribution in [0.3, 0.4) is 0 Å². The molecule has 0 unspecified atom stereocenters. The number of carbonyl (C=O) groups is 2. The molecule has 9 atom stereocenters. The second-order valence-corrected chi connectivity index (χ2v) is 13.6. The lowest BCUT2D eigenvalue weighted by Gasteiger charge is -2.59. The van der Waals surface area contributed by atoms with Gasteiger partial charge in [0.1, 0.15) is 12.4 Å². The van der Waals surface area contributed by atoms with Gasteiger partial charge in [0.25, 0.3) is 0 Å². The topological polar surface area (TPSA) is 152 Å². The van der Waals surface area contributed by atoms with Crippen LogP contribution in [0, 0.1) is 28.6 Å². The fourth-order valence-electron chi connectivity index (χ4n) is 9.55. The lowest BCUT2D eigenvalue weighted by Crippen LogP contribution is -2.63. The number of hydrogen-bond acceptors (Lipinski definition) is 9.